The smallest absolute Gasteiger partial charge is 0.356 e. The van der Waals surface area contributed by atoms with Gasteiger partial charge in [-0.1, -0.05) is 0 Å². The zero-order valence-corrected chi connectivity index (χ0v) is 9.01. The number of carbonyl (C=O) groups excluding carboxylic acids is 1. The lowest BCUT2D eigenvalue weighted by molar-refractivity contribution is -0.123. The van der Waals surface area contributed by atoms with E-state index in [1.807, 2.05) is 0 Å². The minimum atomic E-state index is -1.13. The maximum atomic E-state index is 11.5. The number of hydrogen-bond acceptors (Lipinski definition) is 5. The van der Waals surface area contributed by atoms with E-state index in [9.17, 15) is 9.59 Å². The molecular formula is C10H12N4O3. The van der Waals surface area contributed by atoms with Crippen LogP contribution in [0.25, 0.3) is 0 Å². The summed E-state index contributed by atoms with van der Waals surface area (Å²) in [5.74, 6) is -0.795. The minimum Gasteiger partial charge on any atom is -0.476 e. The summed E-state index contributed by atoms with van der Waals surface area (Å²) >= 11 is 0. The molecule has 1 atom stereocenters. The topological polar surface area (TPSA) is 104 Å². The van der Waals surface area contributed by atoms with Gasteiger partial charge < -0.3 is 15.7 Å². The van der Waals surface area contributed by atoms with Gasteiger partial charge in [-0.05, 0) is 25.0 Å². The Morgan fingerprint density at radius 2 is 2.29 bits per heavy atom. The summed E-state index contributed by atoms with van der Waals surface area (Å²) in [6.45, 7) is 0.695. The normalized spacial score (nSPS) is 19.5. The van der Waals surface area contributed by atoms with Crippen LogP contribution in [-0.2, 0) is 4.79 Å². The highest BCUT2D eigenvalue weighted by molar-refractivity contribution is 5.86. The minimum absolute atomic E-state index is 0.0691. The Labute approximate surface area is 97.2 Å². The van der Waals surface area contributed by atoms with Crippen molar-refractivity contribution in [3.63, 3.8) is 0 Å². The van der Waals surface area contributed by atoms with E-state index >= 15 is 0 Å². The lowest BCUT2D eigenvalue weighted by Crippen LogP contribution is -2.44. The molecule has 1 unspecified atom stereocenters. The molecule has 1 aromatic rings. The Morgan fingerprint density at radius 3 is 2.88 bits per heavy atom. The van der Waals surface area contributed by atoms with Crippen molar-refractivity contribution in [2.45, 2.75) is 18.9 Å². The zero-order valence-electron chi connectivity index (χ0n) is 9.01. The van der Waals surface area contributed by atoms with Crippen LogP contribution < -0.4 is 10.6 Å². The predicted octanol–water partition coefficient (Wildman–Crippen LogP) is -0.135. The molecule has 3 N–H and O–H groups in total. The summed E-state index contributed by atoms with van der Waals surface area (Å²) in [6, 6.07) is 2.52. The van der Waals surface area contributed by atoms with Crippen molar-refractivity contribution < 1.29 is 14.7 Å². The third-order valence-electron chi connectivity index (χ3n) is 2.49. The second-order valence-corrected chi connectivity index (χ2v) is 3.74. The van der Waals surface area contributed by atoms with Crippen LogP contribution in [0.2, 0.25) is 0 Å². The van der Waals surface area contributed by atoms with Crippen LogP contribution in [0.15, 0.2) is 12.1 Å². The number of hydrogen-bond donors (Lipinski definition) is 3. The highest BCUT2D eigenvalue weighted by Crippen LogP contribution is 2.10. The van der Waals surface area contributed by atoms with Crippen molar-refractivity contribution in [3.05, 3.63) is 17.8 Å². The first-order chi connectivity index (χ1) is 8.16. The van der Waals surface area contributed by atoms with Crippen molar-refractivity contribution in [1.82, 2.24) is 15.5 Å². The van der Waals surface area contributed by atoms with Crippen LogP contribution in [0.5, 0.6) is 0 Å². The number of anilines is 1. The molecule has 17 heavy (non-hydrogen) atoms. The fraction of sp³-hybridized carbons (Fsp3) is 0.400. The van der Waals surface area contributed by atoms with E-state index in [4.69, 9.17) is 5.11 Å². The van der Waals surface area contributed by atoms with Crippen LogP contribution in [-0.4, -0.2) is 39.8 Å². The number of carbonyl (C=O) groups is 2. The molecule has 0 saturated carbocycles. The molecule has 0 aromatic carbocycles. The number of aromatic nitrogens is 2. The number of carboxylic acids is 1. The molecule has 7 heteroatoms. The maximum absolute atomic E-state index is 11.5. The van der Waals surface area contributed by atoms with Crippen molar-refractivity contribution in [2.24, 2.45) is 0 Å². The number of nitrogens with zero attached hydrogens (tertiary/aromatic N) is 2. The monoisotopic (exact) mass is 236 g/mol. The fourth-order valence-electron chi connectivity index (χ4n) is 1.61. The largest absolute Gasteiger partial charge is 0.476 e. The predicted molar refractivity (Wildman–Crippen MR) is 58.6 cm³/mol. The number of carboxylic acid groups (broad SMARTS) is 1. The van der Waals surface area contributed by atoms with E-state index < -0.39 is 5.97 Å². The molecule has 2 heterocycles. The average Bonchev–Trinajstić information content (AvgIpc) is 2.33. The van der Waals surface area contributed by atoms with Crippen LogP contribution in [0.1, 0.15) is 23.3 Å². The van der Waals surface area contributed by atoms with Crippen molar-refractivity contribution in [3.8, 4) is 0 Å². The quantitative estimate of drug-likeness (QED) is 0.675. The second-order valence-electron chi connectivity index (χ2n) is 3.74. The zero-order chi connectivity index (χ0) is 12.3. The molecule has 1 saturated heterocycles. The molecule has 1 aliphatic rings. The van der Waals surface area contributed by atoms with Gasteiger partial charge in [0.2, 0.25) is 5.91 Å². The summed E-state index contributed by atoms with van der Waals surface area (Å²) < 4.78 is 0. The first-order valence-corrected chi connectivity index (χ1v) is 5.28. The molecule has 7 nitrogen and oxygen atoms in total. The van der Waals surface area contributed by atoms with Crippen molar-refractivity contribution in [1.29, 1.82) is 0 Å². The lowest BCUT2D eigenvalue weighted by Gasteiger charge is -2.22. The van der Waals surface area contributed by atoms with Gasteiger partial charge in [0.25, 0.3) is 0 Å². The molecule has 0 radical (unpaired) electrons. The van der Waals surface area contributed by atoms with Gasteiger partial charge in [-0.3, -0.25) is 4.79 Å². The number of piperidine rings is 1. The second kappa shape index (κ2) is 4.77. The van der Waals surface area contributed by atoms with Crippen LogP contribution in [0, 0.1) is 0 Å². The van der Waals surface area contributed by atoms with Crippen LogP contribution >= 0.6 is 0 Å². The average molecular weight is 236 g/mol. The molecule has 0 bridgehead atoms. The molecule has 1 aromatic heterocycles. The van der Waals surface area contributed by atoms with Gasteiger partial charge in [-0.15, -0.1) is 10.2 Å². The number of amides is 1. The molecule has 90 valence electrons. The Bertz CT molecular complexity index is 432. The lowest BCUT2D eigenvalue weighted by atomic mass is 10.1. The molecule has 0 spiro atoms. The fourth-order valence-corrected chi connectivity index (χ4v) is 1.61. The maximum Gasteiger partial charge on any atom is 0.356 e. The summed E-state index contributed by atoms with van der Waals surface area (Å²) in [4.78, 5) is 22.0. The molecule has 1 aliphatic heterocycles. The number of aromatic carboxylic acids is 1. The van der Waals surface area contributed by atoms with E-state index in [0.29, 0.717) is 12.4 Å². The molecule has 1 amide bonds. The van der Waals surface area contributed by atoms with Crippen LogP contribution in [0.3, 0.4) is 0 Å². The van der Waals surface area contributed by atoms with Crippen molar-refractivity contribution in [2.75, 3.05) is 11.9 Å². The van der Waals surface area contributed by atoms with Crippen LogP contribution in [0.4, 0.5) is 5.82 Å². The standard InChI is InChI=1S/C10H12N4O3/c15-9-6(2-1-5-11-9)12-8-4-3-7(10(16)17)13-14-8/h3-4,6H,1-2,5H2,(H,11,15)(H,12,14)(H,16,17). The van der Waals surface area contributed by atoms with Gasteiger partial charge in [0, 0.05) is 6.54 Å². The number of nitrogens with one attached hydrogen (secondary N) is 2. The third-order valence-corrected chi connectivity index (χ3v) is 2.49. The number of rotatable bonds is 3. The molecule has 0 aliphatic carbocycles. The van der Waals surface area contributed by atoms with Crippen molar-refractivity contribution >= 4 is 17.7 Å². The molecule has 1 fully saturated rings. The summed E-state index contributed by atoms with van der Waals surface area (Å²) in [5.41, 5.74) is -0.122. The third kappa shape index (κ3) is 2.68. The van der Waals surface area contributed by atoms with E-state index in [1.165, 1.54) is 12.1 Å². The van der Waals surface area contributed by atoms with E-state index in [-0.39, 0.29) is 17.6 Å². The summed E-state index contributed by atoms with van der Waals surface area (Å²) in [7, 11) is 0. The first-order valence-electron chi connectivity index (χ1n) is 5.28. The van der Waals surface area contributed by atoms with Gasteiger partial charge in [0.15, 0.2) is 5.69 Å². The van der Waals surface area contributed by atoms with Gasteiger partial charge >= 0.3 is 5.97 Å². The first kappa shape index (κ1) is 11.3. The Balaban J connectivity index is 2.03. The molecular weight excluding hydrogens is 224 g/mol. The highest BCUT2D eigenvalue weighted by Gasteiger charge is 2.22. The Kier molecular flexibility index (Phi) is 3.17. The van der Waals surface area contributed by atoms with Gasteiger partial charge in [-0.2, -0.15) is 0 Å². The summed E-state index contributed by atoms with van der Waals surface area (Å²) in [5, 5.41) is 21.5. The Morgan fingerprint density at radius 1 is 1.47 bits per heavy atom. The van der Waals surface area contributed by atoms with Gasteiger partial charge in [0.1, 0.15) is 11.9 Å². The molecule has 2 rings (SSSR count). The van der Waals surface area contributed by atoms with Gasteiger partial charge in [-0.25, -0.2) is 4.79 Å². The SMILES string of the molecule is O=C(O)c1ccc(NC2CCCNC2=O)nn1. The van der Waals surface area contributed by atoms with E-state index in [2.05, 4.69) is 20.8 Å². The van der Waals surface area contributed by atoms with Gasteiger partial charge in [0.05, 0.1) is 0 Å². The Hall–Kier alpha value is -2.18. The van der Waals surface area contributed by atoms with E-state index in [0.717, 1.165) is 12.8 Å². The van der Waals surface area contributed by atoms with E-state index in [1.54, 1.807) is 0 Å². The summed E-state index contributed by atoms with van der Waals surface area (Å²) in [6.07, 6.45) is 1.64. The highest BCUT2D eigenvalue weighted by atomic mass is 16.4.